The Morgan fingerprint density at radius 1 is 1.44 bits per heavy atom. The minimum atomic E-state index is -0.407. The average molecular weight is 261 g/mol. The monoisotopic (exact) mass is 260 g/mol. The number of halogens is 1. The van der Waals surface area contributed by atoms with Gasteiger partial charge >= 0.3 is 0 Å². The molecule has 1 atom stereocenters. The highest BCUT2D eigenvalue weighted by Crippen LogP contribution is 2.27. The molecule has 1 fully saturated rings. The minimum absolute atomic E-state index is 0.407. The van der Waals surface area contributed by atoms with Crippen LogP contribution in [0.15, 0.2) is 12.1 Å². The quantitative estimate of drug-likeness (QED) is 0.869. The van der Waals surface area contributed by atoms with Crippen molar-refractivity contribution in [1.29, 1.82) is 0 Å². The standard InChI is InChI=1S/C11H17ClN2OS/c12-11-3-2-10(16-11)9(15)8-14-6-1-4-13-5-7-14/h2-3,9,13,15H,1,4-8H2. The molecule has 0 radical (unpaired) electrons. The molecule has 1 aromatic heterocycles. The van der Waals surface area contributed by atoms with Gasteiger partial charge in [0.15, 0.2) is 0 Å². The van der Waals surface area contributed by atoms with Gasteiger partial charge in [-0.1, -0.05) is 11.6 Å². The normalized spacial score (nSPS) is 20.6. The predicted molar refractivity (Wildman–Crippen MR) is 68.2 cm³/mol. The maximum absolute atomic E-state index is 10.1. The largest absolute Gasteiger partial charge is 0.386 e. The van der Waals surface area contributed by atoms with Crippen LogP contribution in [0.2, 0.25) is 4.34 Å². The Morgan fingerprint density at radius 2 is 2.31 bits per heavy atom. The van der Waals surface area contributed by atoms with Crippen molar-refractivity contribution in [2.45, 2.75) is 12.5 Å². The van der Waals surface area contributed by atoms with Gasteiger partial charge in [-0.15, -0.1) is 11.3 Å². The van der Waals surface area contributed by atoms with Crippen molar-refractivity contribution in [1.82, 2.24) is 10.2 Å². The van der Waals surface area contributed by atoms with E-state index < -0.39 is 6.10 Å². The molecule has 1 aliphatic heterocycles. The summed E-state index contributed by atoms with van der Waals surface area (Å²) in [6.45, 7) is 4.87. The first-order chi connectivity index (χ1) is 7.75. The molecule has 16 heavy (non-hydrogen) atoms. The van der Waals surface area contributed by atoms with E-state index in [1.807, 2.05) is 12.1 Å². The smallest absolute Gasteiger partial charge is 0.101 e. The highest BCUT2D eigenvalue weighted by molar-refractivity contribution is 7.16. The number of aliphatic hydroxyl groups excluding tert-OH is 1. The second-order valence-electron chi connectivity index (χ2n) is 4.06. The summed E-state index contributed by atoms with van der Waals surface area (Å²) in [7, 11) is 0. The first-order valence-electron chi connectivity index (χ1n) is 5.62. The summed E-state index contributed by atoms with van der Waals surface area (Å²) in [6, 6.07) is 3.75. The van der Waals surface area contributed by atoms with Gasteiger partial charge in [0, 0.05) is 24.5 Å². The molecule has 0 spiro atoms. The van der Waals surface area contributed by atoms with Crippen molar-refractivity contribution in [2.75, 3.05) is 32.7 Å². The molecule has 2 heterocycles. The van der Waals surface area contributed by atoms with E-state index in [1.165, 1.54) is 11.3 Å². The third-order valence-electron chi connectivity index (χ3n) is 2.79. The second-order valence-corrected chi connectivity index (χ2v) is 5.81. The molecule has 5 heteroatoms. The molecule has 2 rings (SSSR count). The maximum atomic E-state index is 10.1. The Balaban J connectivity index is 1.88. The van der Waals surface area contributed by atoms with E-state index in [4.69, 9.17) is 11.6 Å². The summed E-state index contributed by atoms with van der Waals surface area (Å²) in [5.41, 5.74) is 0. The molecule has 3 nitrogen and oxygen atoms in total. The maximum Gasteiger partial charge on any atom is 0.101 e. The molecule has 0 aliphatic carbocycles. The fraction of sp³-hybridized carbons (Fsp3) is 0.636. The summed E-state index contributed by atoms with van der Waals surface area (Å²) in [6.07, 6.45) is 0.744. The van der Waals surface area contributed by atoms with Crippen molar-refractivity contribution in [3.8, 4) is 0 Å². The summed E-state index contributed by atoms with van der Waals surface area (Å²) in [5, 5.41) is 13.4. The number of nitrogens with one attached hydrogen (secondary N) is 1. The summed E-state index contributed by atoms with van der Waals surface area (Å²) < 4.78 is 0.742. The molecule has 1 aliphatic rings. The molecule has 2 N–H and O–H groups in total. The SMILES string of the molecule is OC(CN1CCCNCC1)c1ccc(Cl)s1. The fourth-order valence-corrected chi connectivity index (χ4v) is 2.96. The van der Waals surface area contributed by atoms with Crippen LogP contribution in [0.4, 0.5) is 0 Å². The van der Waals surface area contributed by atoms with Gasteiger partial charge in [0.25, 0.3) is 0 Å². The van der Waals surface area contributed by atoms with E-state index in [2.05, 4.69) is 10.2 Å². The van der Waals surface area contributed by atoms with E-state index in [1.54, 1.807) is 0 Å². The molecular weight excluding hydrogens is 244 g/mol. The van der Waals surface area contributed by atoms with E-state index in [9.17, 15) is 5.11 Å². The molecule has 1 unspecified atom stereocenters. The number of β-amino-alcohol motifs (C(OH)–C–C–N with tert-alkyl or cyclic N) is 1. The third kappa shape index (κ3) is 3.43. The Bertz CT molecular complexity index is 324. The van der Waals surface area contributed by atoms with Gasteiger partial charge in [0.05, 0.1) is 4.34 Å². The molecule has 1 saturated heterocycles. The summed E-state index contributed by atoms with van der Waals surface area (Å²) in [4.78, 5) is 3.26. The number of nitrogens with zero attached hydrogens (tertiary/aromatic N) is 1. The first-order valence-corrected chi connectivity index (χ1v) is 6.81. The van der Waals surface area contributed by atoms with Crippen LogP contribution in [-0.4, -0.2) is 42.7 Å². The van der Waals surface area contributed by atoms with Gasteiger partial charge < -0.3 is 10.4 Å². The van der Waals surface area contributed by atoms with E-state index in [-0.39, 0.29) is 0 Å². The van der Waals surface area contributed by atoms with Gasteiger partial charge in [-0.2, -0.15) is 0 Å². The van der Waals surface area contributed by atoms with Gasteiger partial charge in [-0.25, -0.2) is 0 Å². The third-order valence-corrected chi connectivity index (χ3v) is 4.12. The van der Waals surface area contributed by atoms with Crippen molar-refractivity contribution in [3.63, 3.8) is 0 Å². The van der Waals surface area contributed by atoms with Crippen LogP contribution in [0.1, 0.15) is 17.4 Å². The van der Waals surface area contributed by atoms with Gasteiger partial charge in [0.1, 0.15) is 6.10 Å². The molecular formula is C11H17ClN2OS. The number of aliphatic hydroxyl groups is 1. The zero-order valence-electron chi connectivity index (χ0n) is 9.16. The lowest BCUT2D eigenvalue weighted by Gasteiger charge is -2.22. The number of rotatable bonds is 3. The summed E-state index contributed by atoms with van der Waals surface area (Å²) >= 11 is 7.32. The Kier molecular flexibility index (Phi) is 4.61. The fourth-order valence-electron chi connectivity index (χ4n) is 1.93. The minimum Gasteiger partial charge on any atom is -0.386 e. The number of thiophene rings is 1. The van der Waals surface area contributed by atoms with Crippen LogP contribution < -0.4 is 5.32 Å². The van der Waals surface area contributed by atoms with E-state index in [0.29, 0.717) is 6.54 Å². The van der Waals surface area contributed by atoms with Crippen LogP contribution in [-0.2, 0) is 0 Å². The van der Waals surface area contributed by atoms with E-state index in [0.717, 1.165) is 41.8 Å². The first kappa shape index (κ1) is 12.3. The molecule has 0 amide bonds. The lowest BCUT2D eigenvalue weighted by Crippen LogP contribution is -2.31. The highest BCUT2D eigenvalue weighted by Gasteiger charge is 2.16. The molecule has 0 bridgehead atoms. The van der Waals surface area contributed by atoms with Crippen LogP contribution in [0.25, 0.3) is 0 Å². The highest BCUT2D eigenvalue weighted by atomic mass is 35.5. The zero-order valence-corrected chi connectivity index (χ0v) is 10.7. The number of hydrogen-bond donors (Lipinski definition) is 2. The van der Waals surface area contributed by atoms with Crippen LogP contribution in [0.3, 0.4) is 0 Å². The molecule has 90 valence electrons. The number of hydrogen-bond acceptors (Lipinski definition) is 4. The topological polar surface area (TPSA) is 35.5 Å². The Hall–Kier alpha value is -0.130. The van der Waals surface area contributed by atoms with Crippen molar-refractivity contribution >= 4 is 22.9 Å². The van der Waals surface area contributed by atoms with Gasteiger partial charge in [-0.3, -0.25) is 4.90 Å². The molecule has 0 aromatic carbocycles. The van der Waals surface area contributed by atoms with Crippen molar-refractivity contribution in [2.24, 2.45) is 0 Å². The van der Waals surface area contributed by atoms with Crippen LogP contribution >= 0.6 is 22.9 Å². The lowest BCUT2D eigenvalue weighted by atomic mass is 10.2. The van der Waals surface area contributed by atoms with E-state index >= 15 is 0 Å². The van der Waals surface area contributed by atoms with Crippen LogP contribution in [0, 0.1) is 0 Å². The Morgan fingerprint density at radius 3 is 3.06 bits per heavy atom. The molecule has 0 saturated carbocycles. The van der Waals surface area contributed by atoms with Crippen molar-refractivity contribution < 1.29 is 5.11 Å². The zero-order chi connectivity index (χ0) is 11.4. The second kappa shape index (κ2) is 5.98. The summed E-state index contributed by atoms with van der Waals surface area (Å²) in [5.74, 6) is 0. The van der Waals surface area contributed by atoms with Crippen molar-refractivity contribution in [3.05, 3.63) is 21.3 Å². The average Bonchev–Trinajstić information content (AvgIpc) is 2.54. The predicted octanol–water partition coefficient (Wildman–Crippen LogP) is 1.73. The molecule has 1 aromatic rings. The van der Waals surface area contributed by atoms with Gasteiger partial charge in [0.2, 0.25) is 0 Å². The van der Waals surface area contributed by atoms with Gasteiger partial charge in [-0.05, 0) is 31.6 Å². The Labute approximate surface area is 105 Å². The lowest BCUT2D eigenvalue weighted by molar-refractivity contribution is 0.119. The van der Waals surface area contributed by atoms with Crippen LogP contribution in [0.5, 0.6) is 0 Å².